The zero-order chi connectivity index (χ0) is 23.5. The van der Waals surface area contributed by atoms with Crippen LogP contribution in [0.5, 0.6) is 5.75 Å². The van der Waals surface area contributed by atoms with Gasteiger partial charge in [0.05, 0.1) is 18.8 Å². The summed E-state index contributed by atoms with van der Waals surface area (Å²) in [5.74, 6) is 0.677. The van der Waals surface area contributed by atoms with Gasteiger partial charge >= 0.3 is 0 Å². The van der Waals surface area contributed by atoms with E-state index in [2.05, 4.69) is 10.3 Å². The summed E-state index contributed by atoms with van der Waals surface area (Å²) in [6, 6.07) is 15.2. The molecule has 0 saturated carbocycles. The van der Waals surface area contributed by atoms with Crippen LogP contribution in [0.1, 0.15) is 28.0 Å². The van der Waals surface area contributed by atoms with E-state index >= 15 is 0 Å². The summed E-state index contributed by atoms with van der Waals surface area (Å²) in [5, 5.41) is 4.37. The minimum Gasteiger partial charge on any atom is -0.497 e. The Morgan fingerprint density at radius 2 is 2.09 bits per heavy atom. The molecule has 1 aliphatic rings. The van der Waals surface area contributed by atoms with E-state index in [1.807, 2.05) is 36.4 Å². The Hall–Kier alpha value is -3.03. The minimum atomic E-state index is -0.145. The Morgan fingerprint density at radius 3 is 2.94 bits per heavy atom. The second kappa shape index (κ2) is 10.1. The molecule has 7 heteroatoms. The Bertz CT molecular complexity index is 1360. The number of methoxy groups -OCH3 is 1. The number of aryl methyl sites for hydroxylation is 3. The molecule has 2 aromatic carbocycles. The van der Waals surface area contributed by atoms with Gasteiger partial charge in [-0.15, -0.1) is 11.3 Å². The fourth-order valence-corrected chi connectivity index (χ4v) is 5.98. The van der Waals surface area contributed by atoms with E-state index in [0.29, 0.717) is 19.0 Å². The third-order valence-electron chi connectivity index (χ3n) is 6.60. The highest BCUT2D eigenvalue weighted by atomic mass is 32.1. The second-order valence-electron chi connectivity index (χ2n) is 8.76. The van der Waals surface area contributed by atoms with Crippen molar-refractivity contribution in [2.45, 2.75) is 44.7 Å². The molecule has 5 nitrogen and oxygen atoms in total. The number of hydrogen-bond acceptors (Lipinski definition) is 5. The first-order valence-corrected chi connectivity index (χ1v) is 12.5. The Kier molecular flexibility index (Phi) is 6.74. The van der Waals surface area contributed by atoms with Crippen LogP contribution in [0.3, 0.4) is 0 Å². The van der Waals surface area contributed by atoms with Crippen LogP contribution < -0.4 is 15.6 Å². The van der Waals surface area contributed by atoms with Gasteiger partial charge in [0.15, 0.2) is 0 Å². The predicted molar refractivity (Wildman–Crippen MR) is 134 cm³/mol. The first kappa shape index (κ1) is 22.7. The summed E-state index contributed by atoms with van der Waals surface area (Å²) in [5.41, 5.74) is 3.09. The molecule has 2 aromatic heterocycles. The molecular weight excluding hydrogens is 449 g/mol. The summed E-state index contributed by atoms with van der Waals surface area (Å²) in [6.45, 7) is 1.32. The Labute approximate surface area is 202 Å². The van der Waals surface area contributed by atoms with Gasteiger partial charge in [-0.3, -0.25) is 9.36 Å². The van der Waals surface area contributed by atoms with Crippen molar-refractivity contribution >= 4 is 21.6 Å². The molecule has 176 valence electrons. The second-order valence-corrected chi connectivity index (χ2v) is 9.85. The van der Waals surface area contributed by atoms with Crippen molar-refractivity contribution in [3.05, 3.63) is 92.6 Å². The molecule has 1 unspecified atom stereocenters. The summed E-state index contributed by atoms with van der Waals surface area (Å²) in [4.78, 5) is 20.0. The maximum atomic E-state index is 13.9. The third-order valence-corrected chi connectivity index (χ3v) is 7.76. The molecule has 4 aromatic rings. The normalized spacial score (nSPS) is 15.4. The van der Waals surface area contributed by atoms with Gasteiger partial charge < -0.3 is 10.1 Å². The Balaban J connectivity index is 1.27. The monoisotopic (exact) mass is 477 g/mol. The van der Waals surface area contributed by atoms with E-state index in [-0.39, 0.29) is 11.4 Å². The number of ether oxygens (including phenoxy) is 1. The van der Waals surface area contributed by atoms with E-state index in [4.69, 9.17) is 4.74 Å². The molecule has 0 amide bonds. The number of fused-ring (bicyclic) bond motifs is 3. The average Bonchev–Trinajstić information content (AvgIpc) is 3.23. The van der Waals surface area contributed by atoms with E-state index < -0.39 is 0 Å². The SMILES string of the molecule is COc1cccc(CCn2cnc3sc4c(c3c2=O)CCC(NCCc2ccccc2F)C4)c1. The highest BCUT2D eigenvalue weighted by molar-refractivity contribution is 7.18. The van der Waals surface area contributed by atoms with E-state index in [1.165, 1.54) is 16.5 Å². The number of benzene rings is 2. The number of thiophene rings is 1. The quantitative estimate of drug-likeness (QED) is 0.405. The maximum absolute atomic E-state index is 13.9. The molecule has 34 heavy (non-hydrogen) atoms. The predicted octanol–water partition coefficient (Wildman–Crippen LogP) is 4.54. The first-order valence-electron chi connectivity index (χ1n) is 11.7. The van der Waals surface area contributed by atoms with Crippen molar-refractivity contribution in [3.63, 3.8) is 0 Å². The number of halogens is 1. The molecule has 0 spiro atoms. The van der Waals surface area contributed by atoms with E-state index in [0.717, 1.165) is 59.3 Å². The van der Waals surface area contributed by atoms with Gasteiger partial charge in [0.25, 0.3) is 5.56 Å². The molecule has 0 fully saturated rings. The van der Waals surface area contributed by atoms with Crippen molar-refractivity contribution in [1.29, 1.82) is 0 Å². The van der Waals surface area contributed by atoms with Crippen LogP contribution in [0.4, 0.5) is 4.39 Å². The Morgan fingerprint density at radius 1 is 1.21 bits per heavy atom. The topological polar surface area (TPSA) is 56.2 Å². The van der Waals surface area contributed by atoms with Crippen LogP contribution in [0.25, 0.3) is 10.2 Å². The standard InChI is InChI=1S/C27H28FN3O2S/c1-33-21-7-4-5-18(15-21)12-14-31-17-30-26-25(27(31)32)22-10-9-20(16-24(22)34-26)29-13-11-19-6-2-3-8-23(19)28/h2-8,15,17,20,29H,9-14,16H2,1H3. The summed E-state index contributed by atoms with van der Waals surface area (Å²) in [6.07, 6.45) is 5.80. The van der Waals surface area contributed by atoms with Gasteiger partial charge in [-0.05, 0) is 73.5 Å². The number of nitrogens with one attached hydrogen (secondary N) is 1. The van der Waals surface area contributed by atoms with Crippen LogP contribution in [0.2, 0.25) is 0 Å². The molecule has 5 rings (SSSR count). The van der Waals surface area contributed by atoms with Crippen LogP contribution >= 0.6 is 11.3 Å². The van der Waals surface area contributed by atoms with Gasteiger partial charge in [-0.2, -0.15) is 0 Å². The lowest BCUT2D eigenvalue weighted by Gasteiger charge is -2.23. The van der Waals surface area contributed by atoms with E-state index in [9.17, 15) is 9.18 Å². The molecule has 1 aliphatic carbocycles. The van der Waals surface area contributed by atoms with E-state index in [1.54, 1.807) is 35.4 Å². The zero-order valence-electron chi connectivity index (χ0n) is 19.2. The van der Waals surface area contributed by atoms with Crippen molar-refractivity contribution in [3.8, 4) is 5.75 Å². The summed E-state index contributed by atoms with van der Waals surface area (Å²) < 4.78 is 20.9. The van der Waals surface area contributed by atoms with Gasteiger partial charge in [0.1, 0.15) is 16.4 Å². The summed E-state index contributed by atoms with van der Waals surface area (Å²) in [7, 11) is 1.66. The van der Waals surface area contributed by atoms with Gasteiger partial charge in [0, 0.05) is 17.5 Å². The van der Waals surface area contributed by atoms with Crippen molar-refractivity contribution in [2.75, 3.05) is 13.7 Å². The molecule has 1 atom stereocenters. The smallest absolute Gasteiger partial charge is 0.262 e. The third kappa shape index (κ3) is 4.76. The average molecular weight is 478 g/mol. The van der Waals surface area contributed by atoms with Crippen molar-refractivity contribution < 1.29 is 9.13 Å². The van der Waals surface area contributed by atoms with Crippen LogP contribution in [0, 0.1) is 5.82 Å². The minimum absolute atomic E-state index is 0.0522. The fourth-order valence-electron chi connectivity index (χ4n) is 4.72. The van der Waals surface area contributed by atoms with Crippen molar-refractivity contribution in [1.82, 2.24) is 14.9 Å². The maximum Gasteiger partial charge on any atom is 0.262 e. The van der Waals surface area contributed by atoms with Crippen molar-refractivity contribution in [2.24, 2.45) is 0 Å². The molecule has 2 heterocycles. The van der Waals surface area contributed by atoms with Gasteiger partial charge in [-0.1, -0.05) is 30.3 Å². The number of nitrogens with zero attached hydrogens (tertiary/aromatic N) is 2. The largest absolute Gasteiger partial charge is 0.497 e. The van der Waals surface area contributed by atoms with Gasteiger partial charge in [0.2, 0.25) is 0 Å². The number of rotatable bonds is 8. The fraction of sp³-hybridized carbons (Fsp3) is 0.333. The number of hydrogen-bond donors (Lipinski definition) is 1. The molecule has 0 saturated heterocycles. The lowest BCUT2D eigenvalue weighted by molar-refractivity contribution is 0.414. The molecule has 0 aliphatic heterocycles. The highest BCUT2D eigenvalue weighted by Gasteiger charge is 2.25. The highest BCUT2D eigenvalue weighted by Crippen LogP contribution is 2.33. The molecular formula is C27H28FN3O2S. The lowest BCUT2D eigenvalue weighted by Crippen LogP contribution is -2.35. The zero-order valence-corrected chi connectivity index (χ0v) is 20.0. The molecule has 0 radical (unpaired) electrons. The van der Waals surface area contributed by atoms with Crippen LogP contribution in [-0.4, -0.2) is 29.2 Å². The van der Waals surface area contributed by atoms with Crippen LogP contribution in [-0.2, 0) is 32.2 Å². The lowest BCUT2D eigenvalue weighted by atomic mass is 9.93. The van der Waals surface area contributed by atoms with Crippen LogP contribution in [0.15, 0.2) is 59.7 Å². The van der Waals surface area contributed by atoms with Gasteiger partial charge in [-0.25, -0.2) is 9.37 Å². The summed E-state index contributed by atoms with van der Waals surface area (Å²) >= 11 is 1.64. The number of aromatic nitrogens is 2. The molecule has 1 N–H and O–H groups in total. The molecule has 0 bridgehead atoms. The first-order chi connectivity index (χ1) is 16.6.